The van der Waals surface area contributed by atoms with Gasteiger partial charge in [0.05, 0.1) is 12.2 Å². The third-order valence-corrected chi connectivity index (χ3v) is 3.66. The number of β-amino-alcohol motifs (C(OH)–C–C–N with tert-alkyl or cyclic N) is 2. The van der Waals surface area contributed by atoms with Gasteiger partial charge in [0.1, 0.15) is 0 Å². The molecule has 0 bridgehead atoms. The molecule has 3 rings (SSSR count). The molecular formula is C14H14FNO4. The summed E-state index contributed by atoms with van der Waals surface area (Å²) in [7, 11) is 0. The fourth-order valence-corrected chi connectivity index (χ4v) is 2.49. The van der Waals surface area contributed by atoms with E-state index in [0.29, 0.717) is 10.9 Å². The molecule has 1 aliphatic rings. The molecule has 1 aromatic carbocycles. The molecule has 1 aliphatic heterocycles. The largest absolute Gasteiger partial charge is 0.448 e. The first-order chi connectivity index (χ1) is 9.49. The summed E-state index contributed by atoms with van der Waals surface area (Å²) in [5.74, 6) is -0.925. The highest BCUT2D eigenvalue weighted by atomic mass is 19.1. The molecule has 5 nitrogen and oxygen atoms in total. The van der Waals surface area contributed by atoms with Gasteiger partial charge < -0.3 is 19.5 Å². The highest BCUT2D eigenvalue weighted by molar-refractivity contribution is 5.99. The zero-order valence-electron chi connectivity index (χ0n) is 10.8. The second-order valence-electron chi connectivity index (χ2n) is 5.02. The van der Waals surface area contributed by atoms with E-state index in [2.05, 4.69) is 0 Å². The number of benzene rings is 1. The Labute approximate surface area is 114 Å². The summed E-state index contributed by atoms with van der Waals surface area (Å²) >= 11 is 0. The SMILES string of the molecule is Cc1c(C(=O)N2CC(O)C(O)C2)oc2c(F)cccc12. The van der Waals surface area contributed by atoms with Crippen molar-refractivity contribution in [2.75, 3.05) is 13.1 Å². The van der Waals surface area contributed by atoms with Crippen LogP contribution in [0.25, 0.3) is 11.0 Å². The van der Waals surface area contributed by atoms with Gasteiger partial charge in [-0.15, -0.1) is 0 Å². The molecule has 2 heterocycles. The number of aryl methyl sites for hydroxylation is 1. The van der Waals surface area contributed by atoms with Gasteiger partial charge in [0, 0.05) is 24.0 Å². The molecule has 1 fully saturated rings. The number of para-hydroxylation sites is 1. The van der Waals surface area contributed by atoms with Crippen molar-refractivity contribution in [3.63, 3.8) is 0 Å². The maximum atomic E-state index is 13.6. The quantitative estimate of drug-likeness (QED) is 0.818. The number of hydrogen-bond acceptors (Lipinski definition) is 4. The molecule has 2 unspecified atom stereocenters. The van der Waals surface area contributed by atoms with Gasteiger partial charge in [0.15, 0.2) is 17.2 Å². The molecule has 1 saturated heterocycles. The minimum Gasteiger partial charge on any atom is -0.448 e. The highest BCUT2D eigenvalue weighted by Crippen LogP contribution is 2.28. The minimum atomic E-state index is -0.958. The zero-order chi connectivity index (χ0) is 14.4. The standard InChI is InChI=1S/C14H14FNO4/c1-7-8-3-2-4-9(15)13(8)20-12(7)14(19)16-5-10(17)11(18)6-16/h2-4,10-11,17-18H,5-6H2,1H3. The van der Waals surface area contributed by atoms with Gasteiger partial charge in [0.2, 0.25) is 0 Å². The van der Waals surface area contributed by atoms with Gasteiger partial charge in [-0.05, 0) is 13.0 Å². The van der Waals surface area contributed by atoms with Crippen LogP contribution in [0.2, 0.25) is 0 Å². The zero-order valence-corrected chi connectivity index (χ0v) is 10.8. The van der Waals surface area contributed by atoms with Crippen LogP contribution >= 0.6 is 0 Å². The molecule has 20 heavy (non-hydrogen) atoms. The van der Waals surface area contributed by atoms with Crippen LogP contribution in [0.3, 0.4) is 0 Å². The summed E-state index contributed by atoms with van der Waals surface area (Å²) in [6.07, 6.45) is -1.92. The third-order valence-electron chi connectivity index (χ3n) is 3.66. The lowest BCUT2D eigenvalue weighted by Gasteiger charge is -2.13. The number of amides is 1. The van der Waals surface area contributed by atoms with Crippen LogP contribution in [-0.2, 0) is 0 Å². The Balaban J connectivity index is 2.00. The number of carbonyl (C=O) groups excluding carboxylic acids is 1. The molecule has 0 radical (unpaired) electrons. The number of aliphatic hydroxyl groups is 2. The minimum absolute atomic E-state index is 0.0406. The Morgan fingerprint density at radius 3 is 2.60 bits per heavy atom. The lowest BCUT2D eigenvalue weighted by Crippen LogP contribution is -2.29. The summed E-state index contributed by atoms with van der Waals surface area (Å²) in [6, 6.07) is 4.50. The Morgan fingerprint density at radius 1 is 1.35 bits per heavy atom. The fourth-order valence-electron chi connectivity index (χ4n) is 2.49. The molecule has 0 saturated carbocycles. The van der Waals surface area contributed by atoms with E-state index in [0.717, 1.165) is 0 Å². The maximum Gasteiger partial charge on any atom is 0.290 e. The Hall–Kier alpha value is -1.92. The number of furan rings is 1. The van der Waals surface area contributed by atoms with Gasteiger partial charge in [-0.2, -0.15) is 0 Å². The van der Waals surface area contributed by atoms with Gasteiger partial charge in [-0.3, -0.25) is 4.79 Å². The first-order valence-corrected chi connectivity index (χ1v) is 6.32. The van der Waals surface area contributed by atoms with Crippen molar-refractivity contribution in [2.24, 2.45) is 0 Å². The van der Waals surface area contributed by atoms with Crippen molar-refractivity contribution in [1.82, 2.24) is 4.90 Å². The summed E-state index contributed by atoms with van der Waals surface area (Å²) in [5.41, 5.74) is 0.606. The normalized spacial score (nSPS) is 22.7. The van der Waals surface area contributed by atoms with E-state index in [4.69, 9.17) is 4.42 Å². The number of fused-ring (bicyclic) bond motifs is 1. The third kappa shape index (κ3) is 1.88. The van der Waals surface area contributed by atoms with E-state index < -0.39 is 23.9 Å². The van der Waals surface area contributed by atoms with Gasteiger partial charge >= 0.3 is 0 Å². The Bertz CT molecular complexity index is 671. The second-order valence-corrected chi connectivity index (χ2v) is 5.02. The molecule has 6 heteroatoms. The molecule has 1 amide bonds. The molecular weight excluding hydrogens is 265 g/mol. The van der Waals surface area contributed by atoms with Crippen molar-refractivity contribution in [2.45, 2.75) is 19.1 Å². The molecule has 0 spiro atoms. The van der Waals surface area contributed by atoms with E-state index in [1.54, 1.807) is 19.1 Å². The second kappa shape index (κ2) is 4.57. The fraction of sp³-hybridized carbons (Fsp3) is 0.357. The summed E-state index contributed by atoms with van der Waals surface area (Å²) < 4.78 is 19.0. The Kier molecular flexibility index (Phi) is 2.99. The number of hydrogen-bond donors (Lipinski definition) is 2. The van der Waals surface area contributed by atoms with Crippen LogP contribution < -0.4 is 0 Å². The topological polar surface area (TPSA) is 73.9 Å². The van der Waals surface area contributed by atoms with Crippen LogP contribution in [0.4, 0.5) is 4.39 Å². The molecule has 2 N–H and O–H groups in total. The van der Waals surface area contributed by atoms with Crippen LogP contribution in [0.5, 0.6) is 0 Å². The van der Waals surface area contributed by atoms with E-state index in [9.17, 15) is 19.4 Å². The van der Waals surface area contributed by atoms with Crippen LogP contribution in [0.15, 0.2) is 22.6 Å². The predicted octanol–water partition coefficient (Wildman–Crippen LogP) is 1.06. The first-order valence-electron chi connectivity index (χ1n) is 6.32. The number of nitrogens with zero attached hydrogens (tertiary/aromatic N) is 1. The number of halogens is 1. The van der Waals surface area contributed by atoms with Crippen LogP contribution in [0, 0.1) is 12.7 Å². The first kappa shape index (κ1) is 13.1. The van der Waals surface area contributed by atoms with Gasteiger partial charge in [0.25, 0.3) is 5.91 Å². The van der Waals surface area contributed by atoms with Crippen LogP contribution in [-0.4, -0.2) is 46.3 Å². The van der Waals surface area contributed by atoms with Gasteiger partial charge in [-0.1, -0.05) is 12.1 Å². The smallest absolute Gasteiger partial charge is 0.290 e. The predicted molar refractivity (Wildman–Crippen MR) is 68.8 cm³/mol. The summed E-state index contributed by atoms with van der Waals surface area (Å²) in [4.78, 5) is 13.6. The van der Waals surface area contributed by atoms with E-state index in [1.165, 1.54) is 11.0 Å². The van der Waals surface area contributed by atoms with Crippen molar-refractivity contribution >= 4 is 16.9 Å². The average Bonchev–Trinajstić information content (AvgIpc) is 2.92. The molecule has 106 valence electrons. The molecule has 2 atom stereocenters. The van der Waals surface area contributed by atoms with E-state index in [1.807, 2.05) is 0 Å². The Morgan fingerprint density at radius 2 is 2.00 bits per heavy atom. The molecule has 2 aromatic rings. The monoisotopic (exact) mass is 279 g/mol. The average molecular weight is 279 g/mol. The number of rotatable bonds is 1. The van der Waals surface area contributed by atoms with Crippen molar-refractivity contribution in [1.29, 1.82) is 0 Å². The lowest BCUT2D eigenvalue weighted by atomic mass is 10.1. The summed E-state index contributed by atoms with van der Waals surface area (Å²) in [5, 5.41) is 19.5. The van der Waals surface area contributed by atoms with Crippen molar-refractivity contribution in [3.8, 4) is 0 Å². The number of likely N-dealkylation sites (tertiary alicyclic amines) is 1. The van der Waals surface area contributed by atoms with Crippen molar-refractivity contribution < 1.29 is 23.8 Å². The lowest BCUT2D eigenvalue weighted by molar-refractivity contribution is 0.0572. The molecule has 1 aromatic heterocycles. The molecule has 0 aliphatic carbocycles. The van der Waals surface area contributed by atoms with Crippen molar-refractivity contribution in [3.05, 3.63) is 35.3 Å². The maximum absolute atomic E-state index is 13.6. The summed E-state index contributed by atoms with van der Waals surface area (Å²) in [6.45, 7) is 1.76. The highest BCUT2D eigenvalue weighted by Gasteiger charge is 2.35. The van der Waals surface area contributed by atoms with Gasteiger partial charge in [-0.25, -0.2) is 4.39 Å². The van der Waals surface area contributed by atoms with Crippen LogP contribution in [0.1, 0.15) is 16.1 Å². The number of aliphatic hydroxyl groups excluding tert-OH is 2. The van der Waals surface area contributed by atoms with E-state index >= 15 is 0 Å². The number of carbonyl (C=O) groups is 1. The van der Waals surface area contributed by atoms with E-state index in [-0.39, 0.29) is 24.4 Å².